The van der Waals surface area contributed by atoms with Crippen LogP contribution in [0.3, 0.4) is 0 Å². The van der Waals surface area contributed by atoms with Gasteiger partial charge in [-0.3, -0.25) is 10.1 Å². The van der Waals surface area contributed by atoms with Gasteiger partial charge in [0.2, 0.25) is 0 Å². The Bertz CT molecular complexity index is 231. The fourth-order valence-electron chi connectivity index (χ4n) is 2.15. The average Bonchev–Trinajstić information content (AvgIpc) is 2.36. The van der Waals surface area contributed by atoms with E-state index in [2.05, 4.69) is 5.32 Å². The third kappa shape index (κ3) is 1.30. The van der Waals surface area contributed by atoms with Crippen LogP contribution < -0.4 is 5.32 Å². The quantitative estimate of drug-likeness (QED) is 0.716. The zero-order valence-corrected chi connectivity index (χ0v) is 7.48. The number of hydrogen-bond donors (Lipinski definition) is 2. The summed E-state index contributed by atoms with van der Waals surface area (Å²) in [6, 6.07) is -0.902. The molecular formula is C7H10ClF2NO2. The van der Waals surface area contributed by atoms with E-state index in [1.807, 2.05) is 0 Å². The van der Waals surface area contributed by atoms with Gasteiger partial charge >= 0.3 is 5.97 Å². The van der Waals surface area contributed by atoms with Crippen LogP contribution >= 0.6 is 12.4 Å². The molecule has 76 valence electrons. The standard InChI is InChI=1S/C7H9F2NO2.ClH/c8-5(9)4-3-1-7(2-3,10-4)6(11)12;/h3-5,10H,1-2H2,(H,11,12);1H. The molecule has 1 unspecified atom stereocenters. The summed E-state index contributed by atoms with van der Waals surface area (Å²) in [6.07, 6.45) is -1.73. The Hall–Kier alpha value is -0.420. The van der Waals surface area contributed by atoms with Gasteiger partial charge in [0.05, 0.1) is 6.04 Å². The lowest BCUT2D eigenvalue weighted by Gasteiger charge is -2.32. The summed E-state index contributed by atoms with van der Waals surface area (Å²) in [5.41, 5.74) is -1.02. The number of rotatable bonds is 2. The van der Waals surface area contributed by atoms with E-state index < -0.39 is 24.0 Å². The highest BCUT2D eigenvalue weighted by Crippen LogP contribution is 2.48. The molecule has 1 saturated carbocycles. The number of hydrogen-bond acceptors (Lipinski definition) is 2. The maximum Gasteiger partial charge on any atom is 0.323 e. The van der Waals surface area contributed by atoms with Crippen LogP contribution in [0.4, 0.5) is 8.78 Å². The molecule has 1 atom stereocenters. The van der Waals surface area contributed by atoms with Gasteiger partial charge in [0.15, 0.2) is 0 Å². The second-order valence-corrected chi connectivity index (χ2v) is 3.56. The zero-order chi connectivity index (χ0) is 8.93. The van der Waals surface area contributed by atoms with Gasteiger partial charge < -0.3 is 5.11 Å². The lowest BCUT2D eigenvalue weighted by atomic mass is 9.72. The van der Waals surface area contributed by atoms with Crippen LogP contribution in [0.25, 0.3) is 0 Å². The molecule has 0 spiro atoms. The van der Waals surface area contributed by atoms with Crippen LogP contribution in [0.5, 0.6) is 0 Å². The molecule has 13 heavy (non-hydrogen) atoms. The van der Waals surface area contributed by atoms with Crippen LogP contribution in [0.15, 0.2) is 0 Å². The van der Waals surface area contributed by atoms with E-state index in [1.165, 1.54) is 0 Å². The second-order valence-electron chi connectivity index (χ2n) is 3.56. The van der Waals surface area contributed by atoms with Crippen LogP contribution in [0, 0.1) is 5.92 Å². The molecule has 0 aromatic heterocycles. The van der Waals surface area contributed by atoms with Gasteiger partial charge in [0, 0.05) is 0 Å². The smallest absolute Gasteiger partial charge is 0.323 e. The van der Waals surface area contributed by atoms with Gasteiger partial charge in [-0.15, -0.1) is 12.4 Å². The van der Waals surface area contributed by atoms with E-state index in [1.54, 1.807) is 0 Å². The summed E-state index contributed by atoms with van der Waals surface area (Å²) in [5.74, 6) is -1.14. The summed E-state index contributed by atoms with van der Waals surface area (Å²) in [6.45, 7) is 0. The van der Waals surface area contributed by atoms with E-state index in [-0.39, 0.29) is 18.3 Å². The van der Waals surface area contributed by atoms with Crippen molar-refractivity contribution in [2.75, 3.05) is 0 Å². The summed E-state index contributed by atoms with van der Waals surface area (Å²) in [4.78, 5) is 10.6. The Balaban J connectivity index is 0.000000845. The zero-order valence-electron chi connectivity index (χ0n) is 6.67. The third-order valence-corrected chi connectivity index (χ3v) is 2.85. The van der Waals surface area contributed by atoms with Gasteiger partial charge in [0.1, 0.15) is 5.54 Å². The molecule has 0 aromatic rings. The lowest BCUT2D eigenvalue weighted by Crippen LogP contribution is -2.51. The molecule has 3 fully saturated rings. The van der Waals surface area contributed by atoms with Crippen molar-refractivity contribution < 1.29 is 18.7 Å². The van der Waals surface area contributed by atoms with E-state index in [9.17, 15) is 13.6 Å². The van der Waals surface area contributed by atoms with Crippen LogP contribution in [-0.4, -0.2) is 29.1 Å². The van der Waals surface area contributed by atoms with Crippen molar-refractivity contribution in [3.05, 3.63) is 0 Å². The number of carbonyl (C=O) groups is 1. The first-order valence-electron chi connectivity index (χ1n) is 3.84. The number of fused-ring (bicyclic) bond motifs is 1. The highest BCUT2D eigenvalue weighted by molar-refractivity contribution is 5.85. The third-order valence-electron chi connectivity index (χ3n) is 2.85. The number of aliphatic carboxylic acids is 1. The first-order valence-corrected chi connectivity index (χ1v) is 3.84. The van der Waals surface area contributed by atoms with Gasteiger partial charge in [-0.1, -0.05) is 0 Å². The first kappa shape index (κ1) is 10.7. The SMILES string of the molecule is Cl.O=C(O)C12CC(C1)C(C(F)F)N2. The Morgan fingerprint density at radius 2 is 2.08 bits per heavy atom. The van der Waals surface area contributed by atoms with Gasteiger partial charge in [0.25, 0.3) is 6.43 Å². The molecule has 1 aliphatic carbocycles. The summed E-state index contributed by atoms with van der Waals surface area (Å²) in [5, 5.41) is 11.2. The molecule has 2 N–H and O–H groups in total. The molecule has 6 heteroatoms. The van der Waals surface area contributed by atoms with Gasteiger partial charge in [-0.25, -0.2) is 8.78 Å². The molecule has 0 amide bonds. The van der Waals surface area contributed by atoms with Crippen LogP contribution in [-0.2, 0) is 4.79 Å². The van der Waals surface area contributed by atoms with Crippen molar-refractivity contribution >= 4 is 18.4 Å². The molecule has 2 bridgehead atoms. The van der Waals surface area contributed by atoms with E-state index in [0.717, 1.165) is 0 Å². The van der Waals surface area contributed by atoms with E-state index in [4.69, 9.17) is 5.11 Å². The Labute approximate surface area is 79.9 Å². The van der Waals surface area contributed by atoms with Crippen molar-refractivity contribution in [1.82, 2.24) is 5.32 Å². The van der Waals surface area contributed by atoms with Crippen molar-refractivity contribution in [2.45, 2.75) is 30.8 Å². The largest absolute Gasteiger partial charge is 0.480 e. The first-order chi connectivity index (χ1) is 5.55. The van der Waals surface area contributed by atoms with Crippen LogP contribution in [0.2, 0.25) is 0 Å². The van der Waals surface area contributed by atoms with Crippen LogP contribution in [0.1, 0.15) is 12.8 Å². The summed E-state index contributed by atoms with van der Waals surface area (Å²) in [7, 11) is 0. The molecule has 2 heterocycles. The Kier molecular flexibility index (Phi) is 2.51. The number of alkyl halides is 2. The highest BCUT2D eigenvalue weighted by atomic mass is 35.5. The fraction of sp³-hybridized carbons (Fsp3) is 0.857. The maximum atomic E-state index is 12.2. The van der Waals surface area contributed by atoms with E-state index >= 15 is 0 Å². The predicted molar refractivity (Wildman–Crippen MR) is 43.3 cm³/mol. The van der Waals surface area contributed by atoms with Crippen molar-refractivity contribution in [3.8, 4) is 0 Å². The number of nitrogens with one attached hydrogen (secondary N) is 1. The molecule has 2 saturated heterocycles. The average molecular weight is 214 g/mol. The molecular weight excluding hydrogens is 204 g/mol. The molecule has 3 aliphatic rings. The highest BCUT2D eigenvalue weighted by Gasteiger charge is 2.62. The monoisotopic (exact) mass is 213 g/mol. The Morgan fingerprint density at radius 3 is 2.31 bits per heavy atom. The normalized spacial score (nSPS) is 41.2. The van der Waals surface area contributed by atoms with E-state index in [0.29, 0.717) is 12.8 Å². The predicted octanol–water partition coefficient (Wildman–Crippen LogP) is 0.878. The topological polar surface area (TPSA) is 49.3 Å². The molecule has 2 aliphatic heterocycles. The molecule has 0 radical (unpaired) electrons. The van der Waals surface area contributed by atoms with Gasteiger partial charge in [-0.2, -0.15) is 0 Å². The van der Waals surface area contributed by atoms with Gasteiger partial charge in [-0.05, 0) is 18.8 Å². The lowest BCUT2D eigenvalue weighted by molar-refractivity contribution is -0.147. The Morgan fingerprint density at radius 1 is 1.54 bits per heavy atom. The summed E-state index contributed by atoms with van der Waals surface area (Å²) < 4.78 is 24.4. The second kappa shape index (κ2) is 3.06. The molecule has 0 aromatic carbocycles. The number of halogens is 3. The maximum absolute atomic E-state index is 12.2. The number of carboxylic acids is 1. The minimum atomic E-state index is -2.45. The molecule has 3 rings (SSSR count). The minimum Gasteiger partial charge on any atom is -0.480 e. The molecule has 3 nitrogen and oxygen atoms in total. The fourth-order valence-corrected chi connectivity index (χ4v) is 2.15. The van der Waals surface area contributed by atoms with Crippen molar-refractivity contribution in [1.29, 1.82) is 0 Å². The van der Waals surface area contributed by atoms with Crippen molar-refractivity contribution in [3.63, 3.8) is 0 Å². The summed E-state index contributed by atoms with van der Waals surface area (Å²) >= 11 is 0. The number of carboxylic acid groups (broad SMARTS) is 1. The minimum absolute atomic E-state index is 0. The van der Waals surface area contributed by atoms with Crippen molar-refractivity contribution in [2.24, 2.45) is 5.92 Å².